The molecule has 1 heteroatoms. The monoisotopic (exact) mass is 126 g/mol. The van der Waals surface area contributed by atoms with Gasteiger partial charge in [-0.1, -0.05) is 6.08 Å². The highest BCUT2D eigenvalue weighted by Crippen LogP contribution is 2.06. The second-order valence-electron chi connectivity index (χ2n) is 2.01. The predicted molar refractivity (Wildman–Crippen MR) is 40.2 cm³/mol. The zero-order chi connectivity index (χ0) is 7.28. The molecule has 0 fully saturated rings. The Morgan fingerprint density at radius 3 is 2.11 bits per heavy atom. The van der Waals surface area contributed by atoms with E-state index in [9.17, 15) is 0 Å². The van der Waals surface area contributed by atoms with E-state index in [0.717, 1.165) is 0 Å². The summed E-state index contributed by atoms with van der Waals surface area (Å²) < 4.78 is 4.82. The molecule has 9 heavy (non-hydrogen) atoms. The fourth-order valence-corrected chi connectivity index (χ4v) is 0.497. The molecule has 0 aliphatic rings. The van der Waals surface area contributed by atoms with Gasteiger partial charge in [-0.15, -0.1) is 0 Å². The van der Waals surface area contributed by atoms with Gasteiger partial charge in [-0.05, 0) is 31.9 Å². The molecule has 0 unspecified atom stereocenters. The first kappa shape index (κ1) is 8.28. The first-order valence-electron chi connectivity index (χ1n) is 3.05. The van der Waals surface area contributed by atoms with Gasteiger partial charge in [-0.3, -0.25) is 0 Å². The Bertz CT molecular complexity index is 132. The van der Waals surface area contributed by atoms with Crippen LogP contribution in [0.4, 0.5) is 0 Å². The zero-order valence-corrected chi connectivity index (χ0v) is 6.56. The van der Waals surface area contributed by atoms with Crippen molar-refractivity contribution in [2.24, 2.45) is 0 Å². The second-order valence-corrected chi connectivity index (χ2v) is 2.01. The highest BCUT2D eigenvalue weighted by atomic mass is 16.5. The Hall–Kier alpha value is -0.720. The van der Waals surface area contributed by atoms with Crippen LogP contribution in [0.25, 0.3) is 0 Å². The minimum absolute atomic E-state index is 1.18. The normalized spacial score (nSPS) is 13.8. The molecule has 0 rings (SSSR count). The third-order valence-electron chi connectivity index (χ3n) is 1.35. The van der Waals surface area contributed by atoms with Gasteiger partial charge in [0.25, 0.3) is 0 Å². The fraction of sp³-hybridized carbons (Fsp3) is 0.500. The van der Waals surface area contributed by atoms with Crippen LogP contribution in [0.1, 0.15) is 20.8 Å². The summed E-state index contributed by atoms with van der Waals surface area (Å²) in [5.41, 5.74) is 2.44. The number of methoxy groups -OCH3 is 1. The van der Waals surface area contributed by atoms with Gasteiger partial charge < -0.3 is 4.74 Å². The topological polar surface area (TPSA) is 9.23 Å². The van der Waals surface area contributed by atoms with E-state index in [0.29, 0.717) is 0 Å². The van der Waals surface area contributed by atoms with Crippen molar-refractivity contribution in [1.29, 1.82) is 0 Å². The molecule has 0 aromatic carbocycles. The average Bonchev–Trinajstić information content (AvgIpc) is 1.87. The number of hydrogen-bond acceptors (Lipinski definition) is 1. The highest BCUT2D eigenvalue weighted by molar-refractivity contribution is 5.24. The Kier molecular flexibility index (Phi) is 3.85. The van der Waals surface area contributed by atoms with Gasteiger partial charge in [0.05, 0.1) is 13.4 Å². The minimum Gasteiger partial charge on any atom is -0.504 e. The standard InChI is InChI=1S/C8H14O/c1-5-7(2)8(3)6-9-4/h5-6H,1-4H3. The van der Waals surface area contributed by atoms with Crippen LogP contribution in [-0.4, -0.2) is 7.11 Å². The van der Waals surface area contributed by atoms with Crippen LogP contribution < -0.4 is 0 Å². The van der Waals surface area contributed by atoms with Crippen molar-refractivity contribution in [2.75, 3.05) is 7.11 Å². The first-order valence-corrected chi connectivity index (χ1v) is 3.05. The van der Waals surface area contributed by atoms with Crippen LogP contribution >= 0.6 is 0 Å². The molecule has 0 aliphatic heterocycles. The lowest BCUT2D eigenvalue weighted by Gasteiger charge is -1.97. The SMILES string of the molecule is CC=C(C)C(C)=COC. The van der Waals surface area contributed by atoms with Gasteiger partial charge in [0, 0.05) is 0 Å². The van der Waals surface area contributed by atoms with E-state index >= 15 is 0 Å². The first-order chi connectivity index (χ1) is 4.22. The van der Waals surface area contributed by atoms with Crippen molar-refractivity contribution in [3.05, 3.63) is 23.5 Å². The van der Waals surface area contributed by atoms with Crippen LogP contribution in [0.3, 0.4) is 0 Å². The molecule has 0 aromatic heterocycles. The third kappa shape index (κ3) is 2.96. The molecular weight excluding hydrogens is 112 g/mol. The Balaban J connectivity index is 4.03. The summed E-state index contributed by atoms with van der Waals surface area (Å²) >= 11 is 0. The van der Waals surface area contributed by atoms with E-state index in [4.69, 9.17) is 4.74 Å². The lowest BCUT2D eigenvalue weighted by Crippen LogP contribution is -1.79. The second kappa shape index (κ2) is 4.19. The van der Waals surface area contributed by atoms with Crippen LogP contribution in [0.2, 0.25) is 0 Å². The summed E-state index contributed by atoms with van der Waals surface area (Å²) in [7, 11) is 1.66. The number of ether oxygens (including phenoxy) is 1. The van der Waals surface area contributed by atoms with E-state index in [2.05, 4.69) is 13.0 Å². The molecule has 0 saturated carbocycles. The molecule has 0 N–H and O–H groups in total. The molecule has 0 aromatic rings. The van der Waals surface area contributed by atoms with Crippen molar-refractivity contribution in [3.8, 4) is 0 Å². The maximum absolute atomic E-state index is 4.82. The lowest BCUT2D eigenvalue weighted by atomic mass is 10.1. The van der Waals surface area contributed by atoms with Gasteiger partial charge in [0.1, 0.15) is 0 Å². The maximum atomic E-state index is 4.82. The number of rotatable bonds is 2. The fourth-order valence-electron chi connectivity index (χ4n) is 0.497. The minimum atomic E-state index is 1.18. The quantitative estimate of drug-likeness (QED) is 0.408. The summed E-state index contributed by atoms with van der Waals surface area (Å²) in [4.78, 5) is 0. The molecule has 1 nitrogen and oxygen atoms in total. The zero-order valence-electron chi connectivity index (χ0n) is 6.56. The summed E-state index contributed by atoms with van der Waals surface area (Å²) in [5, 5.41) is 0. The summed E-state index contributed by atoms with van der Waals surface area (Å²) in [6.07, 6.45) is 3.81. The molecule has 0 aliphatic carbocycles. The molecule has 0 spiro atoms. The van der Waals surface area contributed by atoms with E-state index < -0.39 is 0 Å². The van der Waals surface area contributed by atoms with Gasteiger partial charge in [-0.25, -0.2) is 0 Å². The van der Waals surface area contributed by atoms with Crippen LogP contribution in [0.15, 0.2) is 23.5 Å². The maximum Gasteiger partial charge on any atom is 0.0856 e. The van der Waals surface area contributed by atoms with E-state index in [1.54, 1.807) is 13.4 Å². The van der Waals surface area contributed by atoms with Gasteiger partial charge in [0.2, 0.25) is 0 Å². The third-order valence-corrected chi connectivity index (χ3v) is 1.35. The van der Waals surface area contributed by atoms with E-state index in [1.165, 1.54) is 11.1 Å². The summed E-state index contributed by atoms with van der Waals surface area (Å²) in [6.45, 7) is 6.10. The smallest absolute Gasteiger partial charge is 0.0856 e. The van der Waals surface area contributed by atoms with Gasteiger partial charge in [0.15, 0.2) is 0 Å². The van der Waals surface area contributed by atoms with Crippen LogP contribution in [0, 0.1) is 0 Å². The Morgan fingerprint density at radius 1 is 1.22 bits per heavy atom. The average molecular weight is 126 g/mol. The van der Waals surface area contributed by atoms with Crippen LogP contribution in [0.5, 0.6) is 0 Å². The summed E-state index contributed by atoms with van der Waals surface area (Å²) in [6, 6.07) is 0. The molecule has 52 valence electrons. The van der Waals surface area contributed by atoms with Gasteiger partial charge in [-0.2, -0.15) is 0 Å². The molecule has 0 heterocycles. The van der Waals surface area contributed by atoms with E-state index in [-0.39, 0.29) is 0 Å². The number of allylic oxidation sites excluding steroid dienone is 3. The highest BCUT2D eigenvalue weighted by Gasteiger charge is 1.87. The van der Waals surface area contributed by atoms with Crippen molar-refractivity contribution >= 4 is 0 Å². The Morgan fingerprint density at radius 2 is 1.78 bits per heavy atom. The molecular formula is C8H14O. The predicted octanol–water partition coefficient (Wildman–Crippen LogP) is 2.50. The number of hydrogen-bond donors (Lipinski definition) is 0. The molecule has 0 saturated heterocycles. The molecule has 0 bridgehead atoms. The molecule has 0 radical (unpaired) electrons. The van der Waals surface area contributed by atoms with Crippen molar-refractivity contribution in [1.82, 2.24) is 0 Å². The lowest BCUT2D eigenvalue weighted by molar-refractivity contribution is 0.334. The summed E-state index contributed by atoms with van der Waals surface area (Å²) in [5.74, 6) is 0. The molecule has 0 amide bonds. The van der Waals surface area contributed by atoms with Crippen molar-refractivity contribution in [3.63, 3.8) is 0 Å². The van der Waals surface area contributed by atoms with Crippen molar-refractivity contribution < 1.29 is 4.74 Å². The van der Waals surface area contributed by atoms with Crippen LogP contribution in [-0.2, 0) is 4.74 Å². The molecule has 0 atom stereocenters. The largest absolute Gasteiger partial charge is 0.504 e. The van der Waals surface area contributed by atoms with E-state index in [1.807, 2.05) is 13.8 Å². The van der Waals surface area contributed by atoms with Crippen molar-refractivity contribution in [2.45, 2.75) is 20.8 Å². The van der Waals surface area contributed by atoms with Gasteiger partial charge >= 0.3 is 0 Å². The Labute approximate surface area is 57.0 Å².